The molecule has 0 aromatic carbocycles. The fourth-order valence-corrected chi connectivity index (χ4v) is 1.97. The van der Waals surface area contributed by atoms with Gasteiger partial charge in [-0.25, -0.2) is 0 Å². The normalized spacial score (nSPS) is 23.4. The van der Waals surface area contributed by atoms with Crippen molar-refractivity contribution in [3.63, 3.8) is 0 Å². The quantitative estimate of drug-likeness (QED) is 0.690. The molecule has 0 aliphatic carbocycles. The molecule has 0 amide bonds. The minimum Gasteiger partial charge on any atom is -0.392 e. The van der Waals surface area contributed by atoms with Crippen molar-refractivity contribution in [2.24, 2.45) is 0 Å². The smallest absolute Gasteiger partial charge is 0.0636 e. The summed E-state index contributed by atoms with van der Waals surface area (Å²) >= 11 is 0. The monoisotopic (exact) mass is 200 g/mol. The molecule has 3 heteroatoms. The molecule has 1 fully saturated rings. The van der Waals surface area contributed by atoms with E-state index in [9.17, 15) is 0 Å². The highest BCUT2D eigenvalue weighted by molar-refractivity contribution is 4.71. The van der Waals surface area contributed by atoms with E-state index in [-0.39, 0.29) is 6.10 Å². The molecular weight excluding hydrogens is 176 g/mol. The van der Waals surface area contributed by atoms with Gasteiger partial charge in [0.25, 0.3) is 0 Å². The lowest BCUT2D eigenvalue weighted by molar-refractivity contribution is 0.171. The molecule has 3 nitrogen and oxygen atoms in total. The van der Waals surface area contributed by atoms with Gasteiger partial charge >= 0.3 is 0 Å². The van der Waals surface area contributed by atoms with Gasteiger partial charge < -0.3 is 15.3 Å². The van der Waals surface area contributed by atoms with Crippen molar-refractivity contribution in [1.82, 2.24) is 10.2 Å². The third kappa shape index (κ3) is 4.94. The van der Waals surface area contributed by atoms with Crippen molar-refractivity contribution in [3.8, 4) is 0 Å². The first-order valence-electron chi connectivity index (χ1n) is 5.82. The van der Waals surface area contributed by atoms with Gasteiger partial charge in [0.15, 0.2) is 0 Å². The highest BCUT2D eigenvalue weighted by Gasteiger charge is 2.12. The lowest BCUT2D eigenvalue weighted by Gasteiger charge is -2.29. The highest BCUT2D eigenvalue weighted by Crippen LogP contribution is 2.08. The molecule has 0 radical (unpaired) electrons. The number of rotatable bonds is 5. The number of aliphatic hydroxyl groups excluding tert-OH is 1. The lowest BCUT2D eigenvalue weighted by Crippen LogP contribution is -2.43. The number of likely N-dealkylation sites (tertiary alicyclic amines) is 1. The zero-order chi connectivity index (χ0) is 10.4. The Bertz CT molecular complexity index is 144. The van der Waals surface area contributed by atoms with Crippen molar-refractivity contribution in [2.75, 3.05) is 26.2 Å². The number of nitrogens with zero attached hydrogens (tertiary/aromatic N) is 1. The van der Waals surface area contributed by atoms with E-state index in [1.165, 1.54) is 32.4 Å². The second kappa shape index (κ2) is 6.38. The summed E-state index contributed by atoms with van der Waals surface area (Å²) in [6.45, 7) is 8.33. The Kier molecular flexibility index (Phi) is 5.45. The molecule has 0 aromatic rings. The Morgan fingerprint density at radius 1 is 1.21 bits per heavy atom. The van der Waals surface area contributed by atoms with E-state index < -0.39 is 0 Å². The predicted octanol–water partition coefficient (Wildman–Crippen LogP) is 0.831. The van der Waals surface area contributed by atoms with Gasteiger partial charge in [-0.15, -0.1) is 0 Å². The maximum absolute atomic E-state index is 9.13. The number of piperidine rings is 1. The standard InChI is InChI=1S/C11H24N2O/c1-10(12-8-11(2)14)9-13-6-4-3-5-7-13/h10-12,14H,3-9H2,1-2H3/t10?,11-/m1/s1. The van der Waals surface area contributed by atoms with Gasteiger partial charge in [0.05, 0.1) is 6.10 Å². The van der Waals surface area contributed by atoms with Crippen LogP contribution in [0.2, 0.25) is 0 Å². The van der Waals surface area contributed by atoms with Crippen LogP contribution in [0.25, 0.3) is 0 Å². The number of aliphatic hydroxyl groups is 1. The summed E-state index contributed by atoms with van der Waals surface area (Å²) in [7, 11) is 0. The largest absolute Gasteiger partial charge is 0.392 e. The molecule has 1 aliphatic rings. The van der Waals surface area contributed by atoms with Crippen LogP contribution in [0.1, 0.15) is 33.1 Å². The summed E-state index contributed by atoms with van der Waals surface area (Å²) in [4.78, 5) is 2.52. The molecule has 1 aliphatic heterocycles. The van der Waals surface area contributed by atoms with E-state index >= 15 is 0 Å². The summed E-state index contributed by atoms with van der Waals surface area (Å²) in [5.74, 6) is 0. The molecular formula is C11H24N2O. The van der Waals surface area contributed by atoms with Crippen molar-refractivity contribution >= 4 is 0 Å². The van der Waals surface area contributed by atoms with Crippen LogP contribution in [-0.2, 0) is 0 Å². The summed E-state index contributed by atoms with van der Waals surface area (Å²) in [5.41, 5.74) is 0. The van der Waals surface area contributed by atoms with Crippen LogP contribution in [-0.4, -0.2) is 48.3 Å². The van der Waals surface area contributed by atoms with Crippen LogP contribution < -0.4 is 5.32 Å². The fraction of sp³-hybridized carbons (Fsp3) is 1.00. The lowest BCUT2D eigenvalue weighted by atomic mass is 10.1. The van der Waals surface area contributed by atoms with Crippen LogP contribution in [0.5, 0.6) is 0 Å². The van der Waals surface area contributed by atoms with Gasteiger partial charge in [-0.1, -0.05) is 6.42 Å². The van der Waals surface area contributed by atoms with Crippen molar-refractivity contribution in [2.45, 2.75) is 45.3 Å². The zero-order valence-corrected chi connectivity index (χ0v) is 9.50. The summed E-state index contributed by atoms with van der Waals surface area (Å²) in [6, 6.07) is 0.489. The van der Waals surface area contributed by atoms with Gasteiger partial charge in [-0.3, -0.25) is 0 Å². The number of hydrogen-bond donors (Lipinski definition) is 2. The van der Waals surface area contributed by atoms with E-state index in [2.05, 4.69) is 17.1 Å². The van der Waals surface area contributed by atoms with Gasteiger partial charge in [0.2, 0.25) is 0 Å². The summed E-state index contributed by atoms with van der Waals surface area (Å²) < 4.78 is 0. The van der Waals surface area contributed by atoms with Gasteiger partial charge in [0.1, 0.15) is 0 Å². The molecule has 0 saturated carbocycles. The van der Waals surface area contributed by atoms with Crippen LogP contribution in [0.15, 0.2) is 0 Å². The Hall–Kier alpha value is -0.120. The SMILES string of the molecule is CC(CN1CCCCC1)NC[C@@H](C)O. The van der Waals surface area contributed by atoms with E-state index in [4.69, 9.17) is 5.11 Å². The molecule has 2 atom stereocenters. The Labute approximate surface area is 87.5 Å². The minimum atomic E-state index is -0.237. The maximum atomic E-state index is 9.13. The topological polar surface area (TPSA) is 35.5 Å². The van der Waals surface area contributed by atoms with Gasteiger partial charge in [-0.05, 0) is 39.8 Å². The third-order valence-electron chi connectivity index (χ3n) is 2.74. The fourth-order valence-electron chi connectivity index (χ4n) is 1.97. The van der Waals surface area contributed by atoms with Crippen LogP contribution in [0, 0.1) is 0 Å². The van der Waals surface area contributed by atoms with Gasteiger partial charge in [0, 0.05) is 19.1 Å². The molecule has 1 rings (SSSR count). The first-order valence-corrected chi connectivity index (χ1v) is 5.82. The molecule has 2 N–H and O–H groups in total. The van der Waals surface area contributed by atoms with Crippen LogP contribution in [0.4, 0.5) is 0 Å². The molecule has 0 aromatic heterocycles. The zero-order valence-electron chi connectivity index (χ0n) is 9.50. The minimum absolute atomic E-state index is 0.237. The van der Waals surface area contributed by atoms with Crippen LogP contribution >= 0.6 is 0 Å². The first-order chi connectivity index (χ1) is 6.68. The van der Waals surface area contributed by atoms with Crippen molar-refractivity contribution in [1.29, 1.82) is 0 Å². The van der Waals surface area contributed by atoms with E-state index in [0.717, 1.165) is 6.54 Å². The average molecular weight is 200 g/mol. The third-order valence-corrected chi connectivity index (χ3v) is 2.74. The number of nitrogens with one attached hydrogen (secondary N) is 1. The average Bonchev–Trinajstić information content (AvgIpc) is 2.16. The summed E-state index contributed by atoms with van der Waals surface area (Å²) in [6.07, 6.45) is 3.86. The maximum Gasteiger partial charge on any atom is 0.0636 e. The highest BCUT2D eigenvalue weighted by atomic mass is 16.3. The molecule has 0 bridgehead atoms. The molecule has 84 valence electrons. The Morgan fingerprint density at radius 2 is 1.86 bits per heavy atom. The Balaban J connectivity index is 2.09. The molecule has 1 heterocycles. The Morgan fingerprint density at radius 3 is 2.43 bits per heavy atom. The summed E-state index contributed by atoms with van der Waals surface area (Å²) in [5, 5.41) is 12.5. The molecule has 14 heavy (non-hydrogen) atoms. The second-order valence-electron chi connectivity index (χ2n) is 4.52. The molecule has 0 spiro atoms. The first kappa shape index (κ1) is 12.0. The molecule has 1 unspecified atom stereocenters. The van der Waals surface area contributed by atoms with Crippen LogP contribution in [0.3, 0.4) is 0 Å². The predicted molar refractivity (Wildman–Crippen MR) is 59.4 cm³/mol. The van der Waals surface area contributed by atoms with E-state index in [0.29, 0.717) is 12.6 Å². The van der Waals surface area contributed by atoms with Crippen molar-refractivity contribution < 1.29 is 5.11 Å². The van der Waals surface area contributed by atoms with E-state index in [1.54, 1.807) is 0 Å². The van der Waals surface area contributed by atoms with Crippen molar-refractivity contribution in [3.05, 3.63) is 0 Å². The van der Waals surface area contributed by atoms with E-state index in [1.807, 2.05) is 6.92 Å². The number of hydrogen-bond acceptors (Lipinski definition) is 3. The van der Waals surface area contributed by atoms with Gasteiger partial charge in [-0.2, -0.15) is 0 Å². The second-order valence-corrected chi connectivity index (χ2v) is 4.52. The molecule has 1 saturated heterocycles.